The zero-order valence-corrected chi connectivity index (χ0v) is 9.00. The summed E-state index contributed by atoms with van der Waals surface area (Å²) in [4.78, 5) is 18.8. The van der Waals surface area contributed by atoms with Crippen LogP contribution in [0.25, 0.3) is 0 Å². The van der Waals surface area contributed by atoms with Gasteiger partial charge in [-0.2, -0.15) is 0 Å². The Bertz CT molecular complexity index is 514. The minimum atomic E-state index is -0.947. The van der Waals surface area contributed by atoms with E-state index in [1.54, 1.807) is 18.5 Å². The molecule has 0 fully saturated rings. The number of nitrogens with zero attached hydrogens (tertiary/aromatic N) is 2. The molecule has 0 aliphatic heterocycles. The van der Waals surface area contributed by atoms with Gasteiger partial charge in [0, 0.05) is 24.3 Å². The van der Waals surface area contributed by atoms with E-state index in [0.717, 1.165) is 5.69 Å². The quantitative estimate of drug-likeness (QED) is 0.835. The van der Waals surface area contributed by atoms with E-state index in [2.05, 4.69) is 15.3 Å². The lowest BCUT2D eigenvalue weighted by atomic mass is 10.2. The normalized spacial score (nSPS) is 9.88. The third kappa shape index (κ3) is 3.01. The van der Waals surface area contributed by atoms with Gasteiger partial charge in [-0.1, -0.05) is 0 Å². The molecule has 0 saturated heterocycles. The smallest absolute Gasteiger partial charge is 0.335 e. The zero-order valence-electron chi connectivity index (χ0n) is 9.00. The molecule has 17 heavy (non-hydrogen) atoms. The van der Waals surface area contributed by atoms with Crippen LogP contribution in [0.5, 0.6) is 0 Å². The van der Waals surface area contributed by atoms with Crippen LogP contribution in [0.3, 0.4) is 0 Å². The van der Waals surface area contributed by atoms with E-state index in [0.29, 0.717) is 12.2 Å². The number of rotatable bonds is 4. The fourth-order valence-electron chi connectivity index (χ4n) is 1.37. The molecule has 0 aromatic carbocycles. The number of carboxylic acids is 1. The van der Waals surface area contributed by atoms with Gasteiger partial charge in [-0.3, -0.25) is 9.97 Å². The molecule has 2 aromatic rings. The molecule has 0 amide bonds. The lowest BCUT2D eigenvalue weighted by Crippen LogP contribution is -2.04. The molecule has 0 radical (unpaired) electrons. The molecule has 86 valence electrons. The zero-order chi connectivity index (χ0) is 12.1. The molecule has 2 aromatic heterocycles. The van der Waals surface area contributed by atoms with Crippen molar-refractivity contribution in [1.29, 1.82) is 0 Å². The number of aromatic carboxylic acids is 1. The van der Waals surface area contributed by atoms with Gasteiger partial charge >= 0.3 is 5.97 Å². The maximum atomic E-state index is 10.8. The SMILES string of the molecule is O=C(O)c1ccnc(CNc2ccncc2)c1. The molecule has 0 bridgehead atoms. The topological polar surface area (TPSA) is 75.1 Å². The fraction of sp³-hybridized carbons (Fsp3) is 0.0833. The Morgan fingerprint density at radius 3 is 2.71 bits per heavy atom. The first-order valence-electron chi connectivity index (χ1n) is 5.08. The van der Waals surface area contributed by atoms with E-state index >= 15 is 0 Å². The average Bonchev–Trinajstić information content (AvgIpc) is 2.38. The highest BCUT2D eigenvalue weighted by atomic mass is 16.4. The molecule has 2 heterocycles. The number of carbonyl (C=O) groups is 1. The van der Waals surface area contributed by atoms with Gasteiger partial charge in [-0.15, -0.1) is 0 Å². The van der Waals surface area contributed by atoms with Gasteiger partial charge in [0.15, 0.2) is 0 Å². The van der Waals surface area contributed by atoms with Crippen LogP contribution < -0.4 is 5.32 Å². The Morgan fingerprint density at radius 1 is 1.24 bits per heavy atom. The van der Waals surface area contributed by atoms with E-state index in [4.69, 9.17) is 5.11 Å². The maximum absolute atomic E-state index is 10.8. The molecule has 0 atom stereocenters. The molecule has 5 nitrogen and oxygen atoms in total. The van der Waals surface area contributed by atoms with Crippen LogP contribution in [0.15, 0.2) is 42.9 Å². The molecular formula is C12H11N3O2. The summed E-state index contributed by atoms with van der Waals surface area (Å²) < 4.78 is 0. The van der Waals surface area contributed by atoms with Crippen LogP contribution in [-0.4, -0.2) is 21.0 Å². The van der Waals surface area contributed by atoms with E-state index in [9.17, 15) is 4.79 Å². The van der Waals surface area contributed by atoms with E-state index in [-0.39, 0.29) is 5.56 Å². The van der Waals surface area contributed by atoms with E-state index in [1.165, 1.54) is 12.3 Å². The van der Waals surface area contributed by atoms with Crippen molar-refractivity contribution in [2.75, 3.05) is 5.32 Å². The molecule has 2 rings (SSSR count). The number of pyridine rings is 2. The molecule has 5 heteroatoms. The average molecular weight is 229 g/mol. The number of nitrogens with one attached hydrogen (secondary N) is 1. The first-order valence-corrected chi connectivity index (χ1v) is 5.08. The van der Waals surface area contributed by atoms with Crippen molar-refractivity contribution < 1.29 is 9.90 Å². The summed E-state index contributed by atoms with van der Waals surface area (Å²) in [5.41, 5.74) is 1.84. The monoisotopic (exact) mass is 229 g/mol. The lowest BCUT2D eigenvalue weighted by Gasteiger charge is -2.05. The summed E-state index contributed by atoms with van der Waals surface area (Å²) in [6.45, 7) is 0.477. The minimum absolute atomic E-state index is 0.242. The molecule has 0 aliphatic rings. The summed E-state index contributed by atoms with van der Waals surface area (Å²) >= 11 is 0. The van der Waals surface area contributed by atoms with Gasteiger partial charge in [-0.25, -0.2) is 4.79 Å². The number of anilines is 1. The minimum Gasteiger partial charge on any atom is -0.478 e. The van der Waals surface area contributed by atoms with E-state index in [1.807, 2.05) is 12.1 Å². The van der Waals surface area contributed by atoms with Gasteiger partial charge in [0.05, 0.1) is 17.8 Å². The first kappa shape index (κ1) is 11.1. The molecular weight excluding hydrogens is 218 g/mol. The Hall–Kier alpha value is -2.43. The van der Waals surface area contributed by atoms with Crippen LogP contribution in [0.4, 0.5) is 5.69 Å². The van der Waals surface area contributed by atoms with Gasteiger partial charge < -0.3 is 10.4 Å². The van der Waals surface area contributed by atoms with Crippen LogP contribution in [-0.2, 0) is 6.54 Å². The summed E-state index contributed by atoms with van der Waals surface area (Å²) in [5.74, 6) is -0.947. The Kier molecular flexibility index (Phi) is 3.30. The van der Waals surface area contributed by atoms with Crippen molar-refractivity contribution >= 4 is 11.7 Å². The van der Waals surface area contributed by atoms with Crippen molar-refractivity contribution in [2.24, 2.45) is 0 Å². The van der Waals surface area contributed by atoms with Gasteiger partial charge in [0.1, 0.15) is 0 Å². The predicted octanol–water partition coefficient (Wildman–Crippen LogP) is 1.79. The highest BCUT2D eigenvalue weighted by molar-refractivity contribution is 5.87. The first-order chi connectivity index (χ1) is 8.25. The molecule has 0 saturated carbocycles. The van der Waals surface area contributed by atoms with Crippen LogP contribution >= 0.6 is 0 Å². The largest absolute Gasteiger partial charge is 0.478 e. The molecule has 2 N–H and O–H groups in total. The number of hydrogen-bond donors (Lipinski definition) is 2. The summed E-state index contributed by atoms with van der Waals surface area (Å²) in [6.07, 6.45) is 4.86. The summed E-state index contributed by atoms with van der Waals surface area (Å²) in [7, 11) is 0. The lowest BCUT2D eigenvalue weighted by molar-refractivity contribution is 0.0696. The van der Waals surface area contributed by atoms with Crippen LogP contribution in [0.2, 0.25) is 0 Å². The van der Waals surface area contributed by atoms with Crippen molar-refractivity contribution in [2.45, 2.75) is 6.54 Å². The van der Waals surface area contributed by atoms with Crippen molar-refractivity contribution in [3.05, 3.63) is 54.1 Å². The second kappa shape index (κ2) is 5.07. The highest BCUT2D eigenvalue weighted by Gasteiger charge is 2.03. The van der Waals surface area contributed by atoms with Crippen molar-refractivity contribution in [1.82, 2.24) is 9.97 Å². The number of carboxylic acid groups (broad SMARTS) is 1. The molecule has 0 unspecified atom stereocenters. The van der Waals surface area contributed by atoms with Crippen molar-refractivity contribution in [3.63, 3.8) is 0 Å². The Morgan fingerprint density at radius 2 is 2.00 bits per heavy atom. The van der Waals surface area contributed by atoms with E-state index < -0.39 is 5.97 Å². The Labute approximate surface area is 98.2 Å². The molecule has 0 aliphatic carbocycles. The van der Waals surface area contributed by atoms with Gasteiger partial charge in [-0.05, 0) is 24.3 Å². The summed E-state index contributed by atoms with van der Waals surface area (Å²) in [5, 5.41) is 12.0. The van der Waals surface area contributed by atoms with Crippen molar-refractivity contribution in [3.8, 4) is 0 Å². The third-order valence-electron chi connectivity index (χ3n) is 2.22. The number of aromatic nitrogens is 2. The standard InChI is InChI=1S/C12H11N3O2/c16-12(17)9-1-6-14-11(7-9)8-15-10-2-4-13-5-3-10/h1-7H,8H2,(H,13,15)(H,16,17). The Balaban J connectivity index is 2.04. The number of hydrogen-bond acceptors (Lipinski definition) is 4. The second-order valence-electron chi connectivity index (χ2n) is 3.43. The van der Waals surface area contributed by atoms with Crippen LogP contribution in [0.1, 0.15) is 16.1 Å². The second-order valence-corrected chi connectivity index (χ2v) is 3.43. The highest BCUT2D eigenvalue weighted by Crippen LogP contribution is 2.07. The molecule has 0 spiro atoms. The predicted molar refractivity (Wildman–Crippen MR) is 62.8 cm³/mol. The fourth-order valence-corrected chi connectivity index (χ4v) is 1.37. The maximum Gasteiger partial charge on any atom is 0.335 e. The summed E-state index contributed by atoms with van der Waals surface area (Å²) in [6, 6.07) is 6.69. The third-order valence-corrected chi connectivity index (χ3v) is 2.22. The van der Waals surface area contributed by atoms with Crippen LogP contribution in [0, 0.1) is 0 Å². The van der Waals surface area contributed by atoms with Gasteiger partial charge in [0.25, 0.3) is 0 Å². The van der Waals surface area contributed by atoms with Gasteiger partial charge in [0.2, 0.25) is 0 Å².